The number of hydrogen-bond donors (Lipinski definition) is 0. The number of allylic oxidation sites excluding steroid dienone is 1. The first-order chi connectivity index (χ1) is 10.2. The van der Waals surface area contributed by atoms with E-state index in [0.717, 1.165) is 0 Å². The molecule has 2 aromatic carbocycles. The van der Waals surface area contributed by atoms with E-state index in [0.29, 0.717) is 23.8 Å². The van der Waals surface area contributed by atoms with E-state index >= 15 is 0 Å². The first-order valence-corrected chi connectivity index (χ1v) is 6.70. The Morgan fingerprint density at radius 2 is 1.90 bits per heavy atom. The fourth-order valence-corrected chi connectivity index (χ4v) is 2.91. The second kappa shape index (κ2) is 4.25. The lowest BCUT2D eigenvalue weighted by molar-refractivity contribution is 0.541. The maximum atomic E-state index is 14.1. The molecule has 0 atom stereocenters. The standard InChI is InChI=1S/C17H10F2O2/c18-11-5-1-3-9-7-8-13-15(14(9)11)16(20)10-4-2-6-12(19)17(10)21-13/h1,3,5-8H,2,4H2. The minimum atomic E-state index is -0.524. The predicted molar refractivity (Wildman–Crippen MR) is 77.4 cm³/mol. The van der Waals surface area contributed by atoms with Crippen molar-refractivity contribution in [2.45, 2.75) is 12.8 Å². The highest BCUT2D eigenvalue weighted by atomic mass is 19.1. The molecule has 2 nitrogen and oxygen atoms in total. The number of benzene rings is 2. The van der Waals surface area contributed by atoms with Crippen molar-refractivity contribution in [3.63, 3.8) is 0 Å². The van der Waals surface area contributed by atoms with E-state index in [1.165, 1.54) is 12.1 Å². The number of hydrogen-bond acceptors (Lipinski definition) is 2. The molecule has 104 valence electrons. The lowest BCUT2D eigenvalue weighted by atomic mass is 9.97. The molecule has 0 spiro atoms. The van der Waals surface area contributed by atoms with Crippen molar-refractivity contribution >= 4 is 27.6 Å². The van der Waals surface area contributed by atoms with Crippen LogP contribution in [0.3, 0.4) is 0 Å². The molecule has 1 heterocycles. The first kappa shape index (κ1) is 12.3. The van der Waals surface area contributed by atoms with Gasteiger partial charge in [0.25, 0.3) is 0 Å². The Hall–Kier alpha value is -2.49. The lowest BCUT2D eigenvalue weighted by Gasteiger charge is -2.13. The molecule has 0 fully saturated rings. The van der Waals surface area contributed by atoms with E-state index in [1.54, 1.807) is 24.3 Å². The number of halogens is 2. The van der Waals surface area contributed by atoms with Crippen molar-refractivity contribution in [1.29, 1.82) is 0 Å². The van der Waals surface area contributed by atoms with Crippen LogP contribution in [0.25, 0.3) is 27.6 Å². The van der Waals surface area contributed by atoms with E-state index in [-0.39, 0.29) is 27.5 Å². The summed E-state index contributed by atoms with van der Waals surface area (Å²) >= 11 is 0. The van der Waals surface area contributed by atoms with Crippen molar-refractivity contribution in [1.82, 2.24) is 0 Å². The van der Waals surface area contributed by atoms with Gasteiger partial charge in [0.2, 0.25) is 0 Å². The van der Waals surface area contributed by atoms with Gasteiger partial charge in [0.1, 0.15) is 11.4 Å². The third-order valence-corrected chi connectivity index (χ3v) is 3.88. The summed E-state index contributed by atoms with van der Waals surface area (Å²) in [4.78, 5) is 12.7. The lowest BCUT2D eigenvalue weighted by Crippen LogP contribution is -2.14. The smallest absolute Gasteiger partial charge is 0.197 e. The van der Waals surface area contributed by atoms with Crippen LogP contribution in [0.5, 0.6) is 0 Å². The minimum absolute atomic E-state index is 0.0190. The van der Waals surface area contributed by atoms with E-state index in [4.69, 9.17) is 4.42 Å². The minimum Gasteiger partial charge on any atom is -0.453 e. The molecule has 0 amide bonds. The molecule has 1 aliphatic rings. The molecule has 0 bridgehead atoms. The molecule has 1 aliphatic carbocycles. The normalized spacial score (nSPS) is 14.3. The van der Waals surface area contributed by atoms with E-state index in [2.05, 4.69) is 0 Å². The Labute approximate surface area is 118 Å². The fraction of sp³-hybridized carbons (Fsp3) is 0.118. The third-order valence-electron chi connectivity index (χ3n) is 3.88. The van der Waals surface area contributed by atoms with Gasteiger partial charge in [-0.1, -0.05) is 18.2 Å². The molecule has 0 radical (unpaired) electrons. The topological polar surface area (TPSA) is 30.2 Å². The average molecular weight is 284 g/mol. The summed E-state index contributed by atoms with van der Waals surface area (Å²) in [5.41, 5.74) is 0.158. The van der Waals surface area contributed by atoms with Crippen molar-refractivity contribution in [3.8, 4) is 0 Å². The average Bonchev–Trinajstić information content (AvgIpc) is 2.48. The second-order valence-electron chi connectivity index (χ2n) is 5.11. The number of rotatable bonds is 0. The highest BCUT2D eigenvalue weighted by molar-refractivity contribution is 6.06. The molecule has 0 saturated carbocycles. The van der Waals surface area contributed by atoms with Crippen LogP contribution in [0.2, 0.25) is 0 Å². The van der Waals surface area contributed by atoms with Gasteiger partial charge >= 0.3 is 0 Å². The van der Waals surface area contributed by atoms with E-state index < -0.39 is 11.6 Å². The van der Waals surface area contributed by atoms with E-state index in [9.17, 15) is 13.6 Å². The molecule has 0 N–H and O–H groups in total. The molecule has 0 aliphatic heterocycles. The van der Waals surface area contributed by atoms with Crippen LogP contribution in [0.15, 0.2) is 45.6 Å². The van der Waals surface area contributed by atoms with Gasteiger partial charge in [0, 0.05) is 10.9 Å². The summed E-state index contributed by atoms with van der Waals surface area (Å²) in [7, 11) is 0. The largest absolute Gasteiger partial charge is 0.453 e. The van der Waals surface area contributed by atoms with Gasteiger partial charge in [-0.3, -0.25) is 4.79 Å². The van der Waals surface area contributed by atoms with Crippen molar-refractivity contribution in [2.75, 3.05) is 0 Å². The summed E-state index contributed by atoms with van der Waals surface area (Å²) in [6.07, 6.45) is 2.26. The van der Waals surface area contributed by atoms with Gasteiger partial charge in [-0.05, 0) is 36.4 Å². The van der Waals surface area contributed by atoms with Crippen LogP contribution < -0.4 is 5.43 Å². The summed E-state index contributed by atoms with van der Waals surface area (Å²) in [5, 5.41) is 1.06. The van der Waals surface area contributed by atoms with Crippen molar-refractivity contribution < 1.29 is 13.2 Å². The summed E-state index contributed by atoms with van der Waals surface area (Å²) in [6.45, 7) is 0. The molecule has 4 rings (SSSR count). The highest BCUT2D eigenvalue weighted by Gasteiger charge is 2.22. The van der Waals surface area contributed by atoms with Gasteiger partial charge in [-0.25, -0.2) is 8.78 Å². The monoisotopic (exact) mass is 284 g/mol. The molecule has 1 aromatic heterocycles. The van der Waals surface area contributed by atoms with Crippen LogP contribution in [-0.2, 0) is 6.42 Å². The quantitative estimate of drug-likeness (QED) is 0.575. The van der Waals surface area contributed by atoms with Gasteiger partial charge < -0.3 is 4.42 Å². The zero-order chi connectivity index (χ0) is 14.6. The van der Waals surface area contributed by atoms with Crippen molar-refractivity contribution in [3.05, 3.63) is 63.8 Å². The van der Waals surface area contributed by atoms with Crippen molar-refractivity contribution in [2.24, 2.45) is 0 Å². The van der Waals surface area contributed by atoms with Crippen LogP contribution in [0.1, 0.15) is 17.7 Å². The zero-order valence-corrected chi connectivity index (χ0v) is 11.0. The Kier molecular flexibility index (Phi) is 2.48. The Morgan fingerprint density at radius 1 is 1.05 bits per heavy atom. The van der Waals surface area contributed by atoms with Crippen LogP contribution in [-0.4, -0.2) is 0 Å². The van der Waals surface area contributed by atoms with E-state index in [1.807, 2.05) is 0 Å². The zero-order valence-electron chi connectivity index (χ0n) is 11.0. The maximum Gasteiger partial charge on any atom is 0.197 e. The molecule has 0 saturated heterocycles. The summed E-state index contributed by atoms with van der Waals surface area (Å²) in [6, 6.07) is 7.88. The second-order valence-corrected chi connectivity index (χ2v) is 5.11. The van der Waals surface area contributed by atoms with Gasteiger partial charge in [0.05, 0.1) is 5.39 Å². The molecular weight excluding hydrogens is 274 g/mol. The Morgan fingerprint density at radius 3 is 2.76 bits per heavy atom. The molecule has 0 unspecified atom stereocenters. The summed E-state index contributed by atoms with van der Waals surface area (Å²) in [5.74, 6) is -1.02. The van der Waals surface area contributed by atoms with Crippen LogP contribution in [0.4, 0.5) is 8.78 Å². The maximum absolute atomic E-state index is 14.1. The Bertz CT molecular complexity index is 983. The molecule has 4 heteroatoms. The van der Waals surface area contributed by atoms with Crippen LogP contribution in [0, 0.1) is 5.82 Å². The molecule has 3 aromatic rings. The highest BCUT2D eigenvalue weighted by Crippen LogP contribution is 2.32. The fourth-order valence-electron chi connectivity index (χ4n) is 2.91. The third kappa shape index (κ3) is 1.65. The van der Waals surface area contributed by atoms with Gasteiger partial charge in [-0.15, -0.1) is 0 Å². The first-order valence-electron chi connectivity index (χ1n) is 6.70. The van der Waals surface area contributed by atoms with Gasteiger partial charge in [0.15, 0.2) is 17.0 Å². The summed E-state index contributed by atoms with van der Waals surface area (Å²) < 4.78 is 33.5. The SMILES string of the molecule is O=c1c2c(oc3ccc4cccc(F)c4c13)C(F)=CCC2. The Balaban J connectivity index is 2.27. The van der Waals surface area contributed by atoms with Crippen LogP contribution >= 0.6 is 0 Å². The van der Waals surface area contributed by atoms with Gasteiger partial charge in [-0.2, -0.15) is 0 Å². The predicted octanol–water partition coefficient (Wildman–Crippen LogP) is 4.34. The molecular formula is C17H10F2O2. The molecule has 21 heavy (non-hydrogen) atoms. The number of fused-ring (bicyclic) bond motifs is 4.